The molecule has 0 aliphatic rings. The number of hydrogen-bond donors (Lipinski definition) is 0. The van der Waals surface area contributed by atoms with Crippen LogP contribution in [-0.4, -0.2) is 7.11 Å². The van der Waals surface area contributed by atoms with Crippen molar-refractivity contribution in [2.75, 3.05) is 7.11 Å². The van der Waals surface area contributed by atoms with E-state index < -0.39 is 0 Å². The molecule has 1 aromatic carbocycles. The van der Waals surface area contributed by atoms with E-state index in [1.165, 1.54) is 0 Å². The Kier molecular flexibility index (Phi) is 4.61. The third-order valence-corrected chi connectivity index (χ3v) is 3.43. The zero-order valence-corrected chi connectivity index (χ0v) is 12.1. The van der Waals surface area contributed by atoms with Gasteiger partial charge in [0.1, 0.15) is 11.3 Å². The number of methoxy groups -OCH3 is 1. The Bertz CT molecular complexity index is 668. The van der Waals surface area contributed by atoms with Gasteiger partial charge >= 0.3 is 5.63 Å². The molecule has 1 heterocycles. The van der Waals surface area contributed by atoms with Gasteiger partial charge < -0.3 is 9.15 Å². The normalized spacial score (nSPS) is 10.7. The van der Waals surface area contributed by atoms with Crippen LogP contribution in [0.3, 0.4) is 0 Å². The van der Waals surface area contributed by atoms with Crippen LogP contribution in [0.2, 0.25) is 0 Å². The molecule has 0 radical (unpaired) electrons. The average Bonchev–Trinajstić information content (AvgIpc) is 2.45. The maximum atomic E-state index is 11.8. The molecule has 0 amide bonds. The van der Waals surface area contributed by atoms with Crippen LogP contribution < -0.4 is 10.4 Å². The summed E-state index contributed by atoms with van der Waals surface area (Å²) in [5.74, 6) is 0.730. The van der Waals surface area contributed by atoms with E-state index in [4.69, 9.17) is 9.15 Å². The third-order valence-electron chi connectivity index (χ3n) is 3.43. The highest BCUT2D eigenvalue weighted by molar-refractivity contribution is 5.85. The van der Waals surface area contributed by atoms with Crippen molar-refractivity contribution in [1.82, 2.24) is 0 Å². The summed E-state index contributed by atoms with van der Waals surface area (Å²) in [6.07, 6.45) is 5.44. The van der Waals surface area contributed by atoms with Gasteiger partial charge in [0.15, 0.2) is 0 Å². The highest BCUT2D eigenvalue weighted by Gasteiger charge is 2.13. The molecule has 0 saturated carbocycles. The highest BCUT2D eigenvalue weighted by Crippen LogP contribution is 2.30. The van der Waals surface area contributed by atoms with E-state index in [1.807, 2.05) is 12.1 Å². The first-order chi connectivity index (χ1) is 9.71. The number of hydrogen-bond acceptors (Lipinski definition) is 3. The van der Waals surface area contributed by atoms with E-state index in [0.29, 0.717) is 12.0 Å². The summed E-state index contributed by atoms with van der Waals surface area (Å²) >= 11 is 0. The summed E-state index contributed by atoms with van der Waals surface area (Å²) in [6.45, 7) is 5.90. The molecular weight excluding hydrogens is 252 g/mol. The molecule has 3 heteroatoms. The van der Waals surface area contributed by atoms with E-state index >= 15 is 0 Å². The number of ether oxygens (including phenoxy) is 1. The van der Waals surface area contributed by atoms with Crippen LogP contribution in [0.5, 0.6) is 5.75 Å². The minimum atomic E-state index is -0.304. The maximum Gasteiger partial charge on any atom is 0.336 e. The van der Waals surface area contributed by atoms with Gasteiger partial charge in [-0.25, -0.2) is 4.79 Å². The molecule has 0 atom stereocenters. The predicted molar refractivity (Wildman–Crippen MR) is 81.5 cm³/mol. The van der Waals surface area contributed by atoms with Gasteiger partial charge in [-0.15, -0.1) is 6.58 Å². The van der Waals surface area contributed by atoms with Gasteiger partial charge in [0, 0.05) is 17.0 Å². The molecule has 1 aromatic heterocycles. The first kappa shape index (κ1) is 14.4. The van der Waals surface area contributed by atoms with Crippen molar-refractivity contribution < 1.29 is 9.15 Å². The third kappa shape index (κ3) is 2.77. The van der Waals surface area contributed by atoms with Crippen molar-refractivity contribution in [1.29, 1.82) is 0 Å². The summed E-state index contributed by atoms with van der Waals surface area (Å²) in [5.41, 5.74) is 2.26. The topological polar surface area (TPSA) is 39.4 Å². The molecule has 0 N–H and O–H groups in total. The first-order valence-corrected chi connectivity index (χ1v) is 6.94. The fraction of sp³-hybridized carbons (Fsp3) is 0.353. The van der Waals surface area contributed by atoms with E-state index in [2.05, 4.69) is 13.5 Å². The quantitative estimate of drug-likeness (QED) is 0.592. The Morgan fingerprint density at radius 1 is 1.40 bits per heavy atom. The van der Waals surface area contributed by atoms with Gasteiger partial charge in [-0.05, 0) is 37.0 Å². The number of rotatable bonds is 6. The van der Waals surface area contributed by atoms with Crippen molar-refractivity contribution in [3.63, 3.8) is 0 Å². The van der Waals surface area contributed by atoms with Crippen LogP contribution in [0.1, 0.15) is 30.9 Å². The van der Waals surface area contributed by atoms with E-state index in [0.717, 1.165) is 41.5 Å². The second-order valence-corrected chi connectivity index (χ2v) is 4.81. The lowest BCUT2D eigenvalue weighted by molar-refractivity contribution is 0.409. The van der Waals surface area contributed by atoms with Crippen molar-refractivity contribution in [3.05, 3.63) is 52.4 Å². The zero-order chi connectivity index (χ0) is 14.5. The van der Waals surface area contributed by atoms with Gasteiger partial charge in [0.25, 0.3) is 0 Å². The standard InChI is InChI=1S/C17H20O3/c1-4-6-8-12-11-16(18)20-17-13(12)9-10-15(19-3)14(17)7-5-2/h5,9-11H,2,4,6-8H2,1,3H3. The summed E-state index contributed by atoms with van der Waals surface area (Å²) in [7, 11) is 1.62. The second-order valence-electron chi connectivity index (χ2n) is 4.81. The van der Waals surface area contributed by atoms with Crippen LogP contribution in [0.25, 0.3) is 11.0 Å². The van der Waals surface area contributed by atoms with Gasteiger partial charge in [-0.3, -0.25) is 0 Å². The highest BCUT2D eigenvalue weighted by atomic mass is 16.5. The Balaban J connectivity index is 2.70. The number of benzene rings is 1. The lowest BCUT2D eigenvalue weighted by atomic mass is 10.0. The molecule has 20 heavy (non-hydrogen) atoms. The van der Waals surface area contributed by atoms with Gasteiger partial charge in [0.05, 0.1) is 7.11 Å². The minimum absolute atomic E-state index is 0.304. The monoisotopic (exact) mass is 272 g/mol. The molecule has 0 aliphatic heterocycles. The molecule has 106 valence electrons. The van der Waals surface area contributed by atoms with Crippen molar-refractivity contribution in [2.45, 2.75) is 32.6 Å². The molecule has 2 aromatic rings. The Hall–Kier alpha value is -2.03. The second kappa shape index (κ2) is 6.42. The van der Waals surface area contributed by atoms with Crippen LogP contribution in [0.15, 0.2) is 40.1 Å². The van der Waals surface area contributed by atoms with Gasteiger partial charge in [0.2, 0.25) is 0 Å². The van der Waals surface area contributed by atoms with E-state index in [-0.39, 0.29) is 5.63 Å². The summed E-state index contributed by atoms with van der Waals surface area (Å²) in [4.78, 5) is 11.8. The SMILES string of the molecule is C=CCc1c(OC)ccc2c(CCCC)cc(=O)oc12. The van der Waals surface area contributed by atoms with Crippen LogP contribution in [0.4, 0.5) is 0 Å². The van der Waals surface area contributed by atoms with Crippen molar-refractivity contribution in [3.8, 4) is 5.75 Å². The molecule has 0 spiro atoms. The smallest absolute Gasteiger partial charge is 0.336 e. The lowest BCUT2D eigenvalue weighted by Gasteiger charge is -2.11. The summed E-state index contributed by atoms with van der Waals surface area (Å²) in [6, 6.07) is 5.49. The number of allylic oxidation sites excluding steroid dienone is 1. The average molecular weight is 272 g/mol. The molecule has 3 nitrogen and oxygen atoms in total. The summed E-state index contributed by atoms with van der Waals surface area (Å²) < 4.78 is 10.8. The Morgan fingerprint density at radius 2 is 2.20 bits per heavy atom. The minimum Gasteiger partial charge on any atom is -0.496 e. The Morgan fingerprint density at radius 3 is 2.85 bits per heavy atom. The molecular formula is C17H20O3. The molecule has 0 unspecified atom stereocenters. The summed E-state index contributed by atoms with van der Waals surface area (Å²) in [5, 5.41) is 0.996. The fourth-order valence-electron chi connectivity index (χ4n) is 2.43. The van der Waals surface area contributed by atoms with E-state index in [9.17, 15) is 4.79 Å². The molecule has 0 fully saturated rings. The fourth-order valence-corrected chi connectivity index (χ4v) is 2.43. The van der Waals surface area contributed by atoms with Crippen molar-refractivity contribution >= 4 is 11.0 Å². The molecule has 0 bridgehead atoms. The Labute approximate surface area is 118 Å². The largest absolute Gasteiger partial charge is 0.496 e. The van der Waals surface area contributed by atoms with Crippen molar-refractivity contribution in [2.24, 2.45) is 0 Å². The van der Waals surface area contributed by atoms with Crippen LogP contribution >= 0.6 is 0 Å². The van der Waals surface area contributed by atoms with Crippen LogP contribution in [0, 0.1) is 0 Å². The van der Waals surface area contributed by atoms with Crippen LogP contribution in [-0.2, 0) is 12.8 Å². The molecule has 0 saturated heterocycles. The predicted octanol–water partition coefficient (Wildman–Crippen LogP) is 3.87. The van der Waals surface area contributed by atoms with E-state index in [1.54, 1.807) is 19.3 Å². The molecule has 0 aliphatic carbocycles. The number of unbranched alkanes of at least 4 members (excludes halogenated alkanes) is 1. The molecule has 2 rings (SSSR count). The first-order valence-electron chi connectivity index (χ1n) is 6.94. The number of aryl methyl sites for hydroxylation is 1. The lowest BCUT2D eigenvalue weighted by Crippen LogP contribution is -2.03. The zero-order valence-electron chi connectivity index (χ0n) is 12.1. The van der Waals surface area contributed by atoms with Gasteiger partial charge in [-0.2, -0.15) is 0 Å². The van der Waals surface area contributed by atoms with Gasteiger partial charge in [-0.1, -0.05) is 19.4 Å². The number of fused-ring (bicyclic) bond motifs is 1. The maximum absolute atomic E-state index is 11.8.